The zero-order valence-corrected chi connectivity index (χ0v) is 12.5. The maximum Gasteiger partial charge on any atom is 0.237 e. The van der Waals surface area contributed by atoms with Crippen molar-refractivity contribution in [2.75, 3.05) is 13.1 Å². The average molecular weight is 287 g/mol. The quantitative estimate of drug-likeness (QED) is 0.877. The van der Waals surface area contributed by atoms with Gasteiger partial charge in [0.25, 0.3) is 0 Å². The SMILES string of the molecule is N[C@H](Cc1ccccc1)C(=O)NC1CCN2CCCCC12. The fraction of sp³-hybridized carbons (Fsp3) is 0.588. The number of nitrogens with two attached hydrogens (primary N) is 1. The lowest BCUT2D eigenvalue weighted by Gasteiger charge is -2.32. The second-order valence-electron chi connectivity index (χ2n) is 6.30. The van der Waals surface area contributed by atoms with Gasteiger partial charge in [0.15, 0.2) is 0 Å². The Bertz CT molecular complexity index is 476. The molecular formula is C17H25N3O. The number of amides is 1. The Labute approximate surface area is 126 Å². The monoisotopic (exact) mass is 287 g/mol. The van der Waals surface area contributed by atoms with E-state index in [9.17, 15) is 4.79 Å². The van der Waals surface area contributed by atoms with Crippen molar-refractivity contribution in [1.82, 2.24) is 10.2 Å². The summed E-state index contributed by atoms with van der Waals surface area (Å²) in [5, 5.41) is 3.19. The maximum atomic E-state index is 12.3. The Morgan fingerprint density at radius 2 is 2.05 bits per heavy atom. The van der Waals surface area contributed by atoms with Crippen LogP contribution in [0.3, 0.4) is 0 Å². The second kappa shape index (κ2) is 6.58. The molecule has 0 bridgehead atoms. The molecule has 0 aromatic heterocycles. The molecule has 2 fully saturated rings. The van der Waals surface area contributed by atoms with Gasteiger partial charge in [0, 0.05) is 18.6 Å². The molecule has 114 valence electrons. The van der Waals surface area contributed by atoms with Crippen LogP contribution in [0.4, 0.5) is 0 Å². The van der Waals surface area contributed by atoms with Gasteiger partial charge >= 0.3 is 0 Å². The van der Waals surface area contributed by atoms with Crippen LogP contribution in [0.5, 0.6) is 0 Å². The van der Waals surface area contributed by atoms with E-state index >= 15 is 0 Å². The number of fused-ring (bicyclic) bond motifs is 1. The third-order valence-corrected chi connectivity index (χ3v) is 4.82. The van der Waals surface area contributed by atoms with Crippen molar-refractivity contribution in [2.45, 2.75) is 50.2 Å². The predicted molar refractivity (Wildman–Crippen MR) is 83.9 cm³/mol. The molecule has 0 saturated carbocycles. The van der Waals surface area contributed by atoms with Crippen molar-refractivity contribution in [3.63, 3.8) is 0 Å². The van der Waals surface area contributed by atoms with E-state index in [1.54, 1.807) is 0 Å². The van der Waals surface area contributed by atoms with Crippen LogP contribution in [-0.4, -0.2) is 42.0 Å². The topological polar surface area (TPSA) is 58.4 Å². The smallest absolute Gasteiger partial charge is 0.237 e. The van der Waals surface area contributed by atoms with Crippen LogP contribution in [0, 0.1) is 0 Å². The summed E-state index contributed by atoms with van der Waals surface area (Å²) in [7, 11) is 0. The fourth-order valence-electron chi connectivity index (χ4n) is 3.67. The number of nitrogens with zero attached hydrogens (tertiary/aromatic N) is 1. The molecule has 2 unspecified atom stereocenters. The lowest BCUT2D eigenvalue weighted by molar-refractivity contribution is -0.123. The van der Waals surface area contributed by atoms with Gasteiger partial charge in [-0.2, -0.15) is 0 Å². The highest BCUT2D eigenvalue weighted by Gasteiger charge is 2.36. The zero-order chi connectivity index (χ0) is 14.7. The summed E-state index contributed by atoms with van der Waals surface area (Å²) in [5.74, 6) is -0.00345. The number of hydrogen-bond donors (Lipinski definition) is 2. The van der Waals surface area contributed by atoms with Crippen LogP contribution in [0.2, 0.25) is 0 Å². The number of carbonyl (C=O) groups is 1. The summed E-state index contributed by atoms with van der Waals surface area (Å²) in [6.45, 7) is 2.30. The van der Waals surface area contributed by atoms with E-state index < -0.39 is 6.04 Å². The molecule has 1 amide bonds. The molecule has 3 rings (SSSR count). The first-order valence-corrected chi connectivity index (χ1v) is 8.08. The van der Waals surface area contributed by atoms with Gasteiger partial charge < -0.3 is 11.1 Å². The minimum atomic E-state index is -0.454. The van der Waals surface area contributed by atoms with Gasteiger partial charge in [0.05, 0.1) is 6.04 Å². The van der Waals surface area contributed by atoms with Crippen molar-refractivity contribution < 1.29 is 4.79 Å². The van der Waals surface area contributed by atoms with Gasteiger partial charge in [0.2, 0.25) is 5.91 Å². The minimum absolute atomic E-state index is 0.00345. The molecule has 2 aliphatic rings. The highest BCUT2D eigenvalue weighted by Crippen LogP contribution is 2.27. The first-order valence-electron chi connectivity index (χ1n) is 8.08. The summed E-state index contributed by atoms with van der Waals surface area (Å²) < 4.78 is 0. The van der Waals surface area contributed by atoms with Gasteiger partial charge in [-0.15, -0.1) is 0 Å². The van der Waals surface area contributed by atoms with E-state index in [0.717, 1.165) is 18.5 Å². The molecule has 0 aliphatic carbocycles. The first kappa shape index (κ1) is 14.5. The standard InChI is InChI=1S/C17H25N3O/c18-14(12-13-6-2-1-3-7-13)17(21)19-15-9-11-20-10-5-4-8-16(15)20/h1-3,6-7,14-16H,4-5,8-12,18H2,(H,19,21)/t14-,15?,16?/m1/s1. The predicted octanol–water partition coefficient (Wildman–Crippen LogP) is 1.30. The van der Waals surface area contributed by atoms with Crippen molar-refractivity contribution in [1.29, 1.82) is 0 Å². The number of carbonyl (C=O) groups excluding carboxylic acids is 1. The van der Waals surface area contributed by atoms with Gasteiger partial charge in [-0.3, -0.25) is 9.69 Å². The Morgan fingerprint density at radius 1 is 1.24 bits per heavy atom. The Morgan fingerprint density at radius 3 is 2.86 bits per heavy atom. The molecule has 0 spiro atoms. The number of hydrogen-bond acceptors (Lipinski definition) is 3. The van der Waals surface area contributed by atoms with E-state index in [0.29, 0.717) is 18.5 Å². The van der Waals surface area contributed by atoms with Gasteiger partial charge in [-0.25, -0.2) is 0 Å². The summed E-state index contributed by atoms with van der Waals surface area (Å²) >= 11 is 0. The summed E-state index contributed by atoms with van der Waals surface area (Å²) in [6, 6.07) is 10.4. The highest BCUT2D eigenvalue weighted by molar-refractivity contribution is 5.82. The van der Waals surface area contributed by atoms with E-state index in [2.05, 4.69) is 10.2 Å². The molecule has 2 saturated heterocycles. The lowest BCUT2D eigenvalue weighted by atomic mass is 9.98. The molecule has 3 atom stereocenters. The number of rotatable bonds is 4. The molecule has 4 heteroatoms. The Kier molecular flexibility index (Phi) is 4.56. The molecule has 2 aliphatic heterocycles. The van der Waals surface area contributed by atoms with E-state index in [4.69, 9.17) is 5.73 Å². The molecule has 1 aromatic carbocycles. The minimum Gasteiger partial charge on any atom is -0.350 e. The number of piperidine rings is 1. The van der Waals surface area contributed by atoms with Crippen molar-refractivity contribution in [3.8, 4) is 0 Å². The Hall–Kier alpha value is -1.39. The van der Waals surface area contributed by atoms with Crippen molar-refractivity contribution in [2.24, 2.45) is 5.73 Å². The molecule has 1 aromatic rings. The molecule has 0 radical (unpaired) electrons. The Balaban J connectivity index is 1.53. The van der Waals surface area contributed by atoms with Crippen LogP contribution in [0.15, 0.2) is 30.3 Å². The number of benzene rings is 1. The van der Waals surface area contributed by atoms with Crippen molar-refractivity contribution >= 4 is 5.91 Å². The average Bonchev–Trinajstić information content (AvgIpc) is 2.91. The lowest BCUT2D eigenvalue weighted by Crippen LogP contribution is -2.51. The molecule has 21 heavy (non-hydrogen) atoms. The summed E-state index contributed by atoms with van der Waals surface area (Å²) in [5.41, 5.74) is 7.19. The molecular weight excluding hydrogens is 262 g/mol. The fourth-order valence-corrected chi connectivity index (χ4v) is 3.67. The third-order valence-electron chi connectivity index (χ3n) is 4.82. The van der Waals surface area contributed by atoms with Gasteiger partial charge in [-0.1, -0.05) is 36.8 Å². The maximum absolute atomic E-state index is 12.3. The molecule has 3 N–H and O–H groups in total. The largest absolute Gasteiger partial charge is 0.350 e. The van der Waals surface area contributed by atoms with E-state index in [1.807, 2.05) is 30.3 Å². The normalized spacial score (nSPS) is 27.1. The van der Waals surface area contributed by atoms with E-state index in [-0.39, 0.29) is 5.91 Å². The van der Waals surface area contributed by atoms with Crippen LogP contribution in [0.1, 0.15) is 31.2 Å². The van der Waals surface area contributed by atoms with Gasteiger partial charge in [-0.05, 0) is 37.8 Å². The summed E-state index contributed by atoms with van der Waals surface area (Å²) in [6.07, 6.45) is 5.45. The van der Waals surface area contributed by atoms with Crippen LogP contribution in [-0.2, 0) is 11.2 Å². The number of nitrogens with one attached hydrogen (secondary N) is 1. The summed E-state index contributed by atoms with van der Waals surface area (Å²) in [4.78, 5) is 14.8. The first-order chi connectivity index (χ1) is 10.2. The van der Waals surface area contributed by atoms with Crippen LogP contribution >= 0.6 is 0 Å². The van der Waals surface area contributed by atoms with Crippen LogP contribution in [0.25, 0.3) is 0 Å². The van der Waals surface area contributed by atoms with Gasteiger partial charge in [0.1, 0.15) is 0 Å². The molecule has 4 nitrogen and oxygen atoms in total. The highest BCUT2D eigenvalue weighted by atomic mass is 16.2. The second-order valence-corrected chi connectivity index (χ2v) is 6.30. The van der Waals surface area contributed by atoms with E-state index in [1.165, 1.54) is 25.8 Å². The van der Waals surface area contributed by atoms with Crippen LogP contribution < -0.4 is 11.1 Å². The van der Waals surface area contributed by atoms with Crippen molar-refractivity contribution in [3.05, 3.63) is 35.9 Å². The zero-order valence-electron chi connectivity index (χ0n) is 12.5. The molecule has 2 heterocycles. The third kappa shape index (κ3) is 3.44.